The fourth-order valence-electron chi connectivity index (χ4n) is 3.38. The first-order valence-corrected chi connectivity index (χ1v) is 11.6. The maximum atomic E-state index is 12.8. The van der Waals surface area contributed by atoms with Crippen molar-refractivity contribution in [1.29, 1.82) is 0 Å². The van der Waals surface area contributed by atoms with Crippen LogP contribution in [0, 0.1) is 0 Å². The molecule has 0 spiro atoms. The van der Waals surface area contributed by atoms with Gasteiger partial charge in [0.1, 0.15) is 5.75 Å². The van der Waals surface area contributed by atoms with Crippen LogP contribution in [0.1, 0.15) is 59.8 Å². The molecule has 0 saturated carbocycles. The van der Waals surface area contributed by atoms with Crippen LogP contribution in [0.15, 0.2) is 24.3 Å². The molecule has 0 aromatic heterocycles. The van der Waals surface area contributed by atoms with Crippen LogP contribution in [0.25, 0.3) is 0 Å². The van der Waals surface area contributed by atoms with Gasteiger partial charge in [0.2, 0.25) is 5.91 Å². The number of methoxy groups -OCH3 is 1. The summed E-state index contributed by atoms with van der Waals surface area (Å²) < 4.78 is 5.21. The third-order valence-electron chi connectivity index (χ3n) is 5.41. The number of carbonyl (C=O) groups is 2. The van der Waals surface area contributed by atoms with Crippen molar-refractivity contribution in [1.82, 2.24) is 15.1 Å². The topological polar surface area (TPSA) is 73.9 Å². The third-order valence-corrected chi connectivity index (χ3v) is 5.41. The second-order valence-corrected chi connectivity index (χ2v) is 7.89. The molecule has 3 amide bonds. The minimum Gasteiger partial charge on any atom is -0.497 e. The van der Waals surface area contributed by atoms with Crippen LogP contribution < -0.4 is 15.4 Å². The van der Waals surface area contributed by atoms with E-state index in [1.165, 1.54) is 0 Å². The zero-order valence-corrected chi connectivity index (χ0v) is 20.1. The van der Waals surface area contributed by atoms with Gasteiger partial charge in [0.15, 0.2) is 0 Å². The van der Waals surface area contributed by atoms with Crippen LogP contribution >= 0.6 is 0 Å². The number of rotatable bonds is 15. The highest BCUT2D eigenvalue weighted by Gasteiger charge is 2.16. The Bertz CT molecular complexity index is 649. The molecule has 0 fully saturated rings. The first kappa shape index (κ1) is 26.8. The van der Waals surface area contributed by atoms with Gasteiger partial charge in [0, 0.05) is 37.3 Å². The van der Waals surface area contributed by atoms with E-state index in [2.05, 4.69) is 36.3 Å². The summed E-state index contributed by atoms with van der Waals surface area (Å²) in [5.41, 5.74) is 0.678. The number of ether oxygens (including phenoxy) is 1. The molecule has 0 radical (unpaired) electrons. The summed E-state index contributed by atoms with van der Waals surface area (Å²) >= 11 is 0. The van der Waals surface area contributed by atoms with E-state index >= 15 is 0 Å². The number of urea groups is 1. The number of benzene rings is 1. The molecule has 1 atom stereocenters. The van der Waals surface area contributed by atoms with Crippen molar-refractivity contribution >= 4 is 17.6 Å². The summed E-state index contributed by atoms with van der Waals surface area (Å²) in [5.74, 6) is 0.679. The summed E-state index contributed by atoms with van der Waals surface area (Å²) in [7, 11) is 1.59. The first-order valence-electron chi connectivity index (χ1n) is 11.6. The lowest BCUT2D eigenvalue weighted by atomic mass is 10.1. The number of carbonyl (C=O) groups excluding carboxylic acids is 2. The van der Waals surface area contributed by atoms with Gasteiger partial charge < -0.3 is 25.2 Å². The summed E-state index contributed by atoms with van der Waals surface area (Å²) in [6.07, 6.45) is 4.20. The van der Waals surface area contributed by atoms with Gasteiger partial charge in [-0.3, -0.25) is 4.79 Å². The monoisotopic (exact) mass is 434 g/mol. The largest absolute Gasteiger partial charge is 0.497 e. The van der Waals surface area contributed by atoms with E-state index in [1.807, 2.05) is 25.1 Å². The maximum absolute atomic E-state index is 12.8. The van der Waals surface area contributed by atoms with Gasteiger partial charge in [0.25, 0.3) is 0 Å². The minimum atomic E-state index is -0.193. The van der Waals surface area contributed by atoms with Crippen LogP contribution in [0.5, 0.6) is 5.75 Å². The molecule has 1 aromatic carbocycles. The lowest BCUT2D eigenvalue weighted by Crippen LogP contribution is -2.40. The molecule has 7 nitrogen and oxygen atoms in total. The molecule has 1 unspecified atom stereocenters. The lowest BCUT2D eigenvalue weighted by Gasteiger charge is -2.24. The minimum absolute atomic E-state index is 0.00832. The number of hydrogen-bond donors (Lipinski definition) is 2. The van der Waals surface area contributed by atoms with Gasteiger partial charge >= 0.3 is 6.03 Å². The van der Waals surface area contributed by atoms with E-state index < -0.39 is 0 Å². The molecule has 7 heteroatoms. The lowest BCUT2D eigenvalue weighted by molar-refractivity contribution is -0.121. The van der Waals surface area contributed by atoms with Gasteiger partial charge in [-0.1, -0.05) is 33.3 Å². The van der Waals surface area contributed by atoms with E-state index in [0.29, 0.717) is 30.9 Å². The first-order chi connectivity index (χ1) is 14.9. The third kappa shape index (κ3) is 11.1. The van der Waals surface area contributed by atoms with Gasteiger partial charge in [-0.15, -0.1) is 0 Å². The molecule has 0 aliphatic carbocycles. The van der Waals surface area contributed by atoms with Gasteiger partial charge in [0.05, 0.1) is 7.11 Å². The predicted molar refractivity (Wildman–Crippen MR) is 128 cm³/mol. The standard InChI is InChI=1S/C24H42N4O3/c1-6-9-17-28(24(30)26-21-13-10-14-22(19-21)31-5)18-15-23(29)25-20(4)12-11-16-27(7-2)8-3/h10,13-14,19-20H,6-9,11-12,15-18H2,1-5H3,(H,25,29)(H,26,30). The van der Waals surface area contributed by atoms with E-state index in [9.17, 15) is 9.59 Å². The quantitative estimate of drug-likeness (QED) is 0.430. The normalized spacial score (nSPS) is 11.8. The molecule has 31 heavy (non-hydrogen) atoms. The second kappa shape index (κ2) is 15.5. The molecule has 0 heterocycles. The average molecular weight is 435 g/mol. The van der Waals surface area contributed by atoms with E-state index in [1.54, 1.807) is 18.1 Å². The molecular formula is C24H42N4O3. The van der Waals surface area contributed by atoms with Crippen LogP contribution in [0.2, 0.25) is 0 Å². The highest BCUT2D eigenvalue weighted by molar-refractivity contribution is 5.90. The highest BCUT2D eigenvalue weighted by Crippen LogP contribution is 2.17. The van der Waals surface area contributed by atoms with E-state index in [0.717, 1.165) is 45.3 Å². The van der Waals surface area contributed by atoms with Crippen LogP contribution in [-0.4, -0.2) is 67.6 Å². The molecule has 1 aromatic rings. The molecule has 0 saturated heterocycles. The maximum Gasteiger partial charge on any atom is 0.321 e. The molecule has 0 bridgehead atoms. The van der Waals surface area contributed by atoms with Gasteiger partial charge in [-0.05, 0) is 58.0 Å². The van der Waals surface area contributed by atoms with Crippen molar-refractivity contribution in [3.8, 4) is 5.75 Å². The van der Waals surface area contributed by atoms with Crippen molar-refractivity contribution in [2.45, 2.75) is 65.8 Å². The molecular weight excluding hydrogens is 392 g/mol. The van der Waals surface area contributed by atoms with Crippen molar-refractivity contribution in [3.63, 3.8) is 0 Å². The summed E-state index contributed by atoms with van der Waals surface area (Å²) in [6.45, 7) is 12.7. The van der Waals surface area contributed by atoms with Crippen molar-refractivity contribution in [3.05, 3.63) is 24.3 Å². The van der Waals surface area contributed by atoms with Crippen molar-refractivity contribution in [2.75, 3.05) is 45.2 Å². The fourth-order valence-corrected chi connectivity index (χ4v) is 3.38. The zero-order chi connectivity index (χ0) is 23.1. The second-order valence-electron chi connectivity index (χ2n) is 7.89. The predicted octanol–water partition coefficient (Wildman–Crippen LogP) is 4.35. The van der Waals surface area contributed by atoms with Gasteiger partial charge in [-0.2, -0.15) is 0 Å². The average Bonchev–Trinajstić information content (AvgIpc) is 2.76. The Morgan fingerprint density at radius 1 is 1.06 bits per heavy atom. The Kier molecular flexibility index (Phi) is 13.4. The molecule has 0 aliphatic heterocycles. The fraction of sp³-hybridized carbons (Fsp3) is 0.667. The number of anilines is 1. The van der Waals surface area contributed by atoms with Crippen LogP contribution in [-0.2, 0) is 4.79 Å². The summed E-state index contributed by atoms with van der Waals surface area (Å²) in [6, 6.07) is 7.21. The molecule has 176 valence electrons. The Balaban J connectivity index is 2.49. The Labute approximate surface area is 188 Å². The van der Waals surface area contributed by atoms with Crippen molar-refractivity contribution < 1.29 is 14.3 Å². The Hall–Kier alpha value is -2.28. The van der Waals surface area contributed by atoms with E-state index in [-0.39, 0.29) is 18.0 Å². The number of amides is 3. The summed E-state index contributed by atoms with van der Waals surface area (Å²) in [4.78, 5) is 29.3. The SMILES string of the molecule is CCCCN(CCC(=O)NC(C)CCCN(CC)CC)C(=O)Nc1cccc(OC)c1. The number of nitrogens with one attached hydrogen (secondary N) is 2. The van der Waals surface area contributed by atoms with Crippen LogP contribution in [0.3, 0.4) is 0 Å². The van der Waals surface area contributed by atoms with E-state index in [4.69, 9.17) is 4.74 Å². The smallest absolute Gasteiger partial charge is 0.321 e. The highest BCUT2D eigenvalue weighted by atomic mass is 16.5. The number of nitrogens with zero attached hydrogens (tertiary/aromatic N) is 2. The number of hydrogen-bond acceptors (Lipinski definition) is 4. The molecule has 1 rings (SSSR count). The Morgan fingerprint density at radius 3 is 2.45 bits per heavy atom. The molecule has 0 aliphatic rings. The van der Waals surface area contributed by atoms with Gasteiger partial charge in [-0.25, -0.2) is 4.79 Å². The summed E-state index contributed by atoms with van der Waals surface area (Å²) in [5, 5.41) is 5.98. The Morgan fingerprint density at radius 2 is 1.81 bits per heavy atom. The zero-order valence-electron chi connectivity index (χ0n) is 20.1. The van der Waals surface area contributed by atoms with Crippen molar-refractivity contribution in [2.24, 2.45) is 0 Å². The van der Waals surface area contributed by atoms with Crippen LogP contribution in [0.4, 0.5) is 10.5 Å². The molecule has 2 N–H and O–H groups in total. The number of unbranched alkanes of at least 4 members (excludes halogenated alkanes) is 1.